The van der Waals surface area contributed by atoms with E-state index in [0.717, 1.165) is 16.8 Å². The summed E-state index contributed by atoms with van der Waals surface area (Å²) in [5.74, 6) is -0.0768. The van der Waals surface area contributed by atoms with E-state index >= 15 is 0 Å². The zero-order valence-corrected chi connectivity index (χ0v) is 9.15. The zero-order chi connectivity index (χ0) is 11.5. The lowest BCUT2D eigenvalue weighted by molar-refractivity contribution is 0.0996. The van der Waals surface area contributed by atoms with Crippen molar-refractivity contribution in [3.05, 3.63) is 47.7 Å². The Labute approximate surface area is 93.3 Å². The first-order valence-corrected chi connectivity index (χ1v) is 4.94. The van der Waals surface area contributed by atoms with Gasteiger partial charge in [0.2, 0.25) is 5.76 Å². The molecular formula is C12H12N2O2. The molecule has 4 nitrogen and oxygen atoms in total. The number of hydrogen-bond donors (Lipinski definition) is 1. The van der Waals surface area contributed by atoms with Crippen LogP contribution in [-0.2, 0) is 0 Å². The molecule has 0 saturated carbocycles. The lowest BCUT2D eigenvalue weighted by Crippen LogP contribution is -2.11. The van der Waals surface area contributed by atoms with E-state index in [2.05, 4.69) is 10.3 Å². The predicted octanol–water partition coefficient (Wildman–Crippen LogP) is 2.54. The lowest BCUT2D eigenvalue weighted by atomic mass is 10.1. The van der Waals surface area contributed by atoms with Crippen LogP contribution in [0.4, 0.5) is 5.69 Å². The average molecular weight is 216 g/mol. The van der Waals surface area contributed by atoms with Gasteiger partial charge >= 0.3 is 0 Å². The molecule has 0 bridgehead atoms. The Kier molecular flexibility index (Phi) is 2.72. The lowest BCUT2D eigenvalue weighted by Gasteiger charge is -2.07. The largest absolute Gasteiger partial charge is 0.438 e. The molecule has 2 aromatic rings. The van der Waals surface area contributed by atoms with Crippen LogP contribution in [0.15, 0.2) is 35.2 Å². The second kappa shape index (κ2) is 4.18. The smallest absolute Gasteiger partial charge is 0.293 e. The highest BCUT2D eigenvalue weighted by Crippen LogP contribution is 2.17. The monoisotopic (exact) mass is 216 g/mol. The highest BCUT2D eigenvalue weighted by molar-refractivity contribution is 6.02. The number of oxazole rings is 1. The number of amides is 1. The first-order valence-electron chi connectivity index (χ1n) is 4.94. The molecule has 82 valence electrons. The number of nitrogens with zero attached hydrogens (tertiary/aromatic N) is 1. The highest BCUT2D eigenvalue weighted by Gasteiger charge is 2.10. The van der Waals surface area contributed by atoms with E-state index in [-0.39, 0.29) is 11.7 Å². The van der Waals surface area contributed by atoms with Crippen molar-refractivity contribution in [2.24, 2.45) is 0 Å². The third kappa shape index (κ3) is 2.11. The van der Waals surface area contributed by atoms with Crippen LogP contribution >= 0.6 is 0 Å². The van der Waals surface area contributed by atoms with Crippen molar-refractivity contribution in [1.29, 1.82) is 0 Å². The Balaban J connectivity index is 2.21. The molecular weight excluding hydrogens is 204 g/mol. The summed E-state index contributed by atoms with van der Waals surface area (Å²) in [7, 11) is 0. The van der Waals surface area contributed by atoms with Crippen molar-refractivity contribution in [2.75, 3.05) is 5.32 Å². The fourth-order valence-electron chi connectivity index (χ4n) is 1.38. The Morgan fingerprint density at radius 3 is 2.88 bits per heavy atom. The number of carbonyl (C=O) groups excluding carboxylic acids is 1. The van der Waals surface area contributed by atoms with Gasteiger partial charge in [-0.2, -0.15) is 0 Å². The van der Waals surface area contributed by atoms with E-state index in [4.69, 9.17) is 4.42 Å². The molecule has 1 aromatic carbocycles. The molecule has 0 aliphatic carbocycles. The van der Waals surface area contributed by atoms with Gasteiger partial charge in [0, 0.05) is 5.69 Å². The van der Waals surface area contributed by atoms with Gasteiger partial charge in [0.25, 0.3) is 5.91 Å². The summed E-state index contributed by atoms with van der Waals surface area (Å²) in [6, 6.07) is 5.88. The molecule has 1 N–H and O–H groups in total. The minimum absolute atomic E-state index is 0.209. The second-order valence-electron chi connectivity index (χ2n) is 3.64. The fourth-order valence-corrected chi connectivity index (χ4v) is 1.38. The third-order valence-electron chi connectivity index (χ3n) is 2.30. The van der Waals surface area contributed by atoms with Crippen LogP contribution in [-0.4, -0.2) is 10.9 Å². The number of carbonyl (C=O) groups is 1. The van der Waals surface area contributed by atoms with Gasteiger partial charge in [0.15, 0.2) is 6.39 Å². The van der Waals surface area contributed by atoms with Crippen LogP contribution in [0.2, 0.25) is 0 Å². The topological polar surface area (TPSA) is 55.1 Å². The summed E-state index contributed by atoms with van der Waals surface area (Å²) < 4.78 is 4.91. The van der Waals surface area contributed by atoms with Crippen molar-refractivity contribution in [3.63, 3.8) is 0 Å². The molecule has 0 unspecified atom stereocenters. The van der Waals surface area contributed by atoms with Gasteiger partial charge in [-0.1, -0.05) is 12.1 Å². The van der Waals surface area contributed by atoms with Crippen LogP contribution in [0.5, 0.6) is 0 Å². The standard InChI is InChI=1S/C12H12N2O2/c1-8-3-4-9(2)10(5-8)14-12(15)11-6-13-7-16-11/h3-7H,1-2H3,(H,14,15). The summed E-state index contributed by atoms with van der Waals surface area (Å²) in [5.41, 5.74) is 2.90. The quantitative estimate of drug-likeness (QED) is 0.839. The van der Waals surface area contributed by atoms with Gasteiger partial charge in [-0.15, -0.1) is 0 Å². The van der Waals surface area contributed by atoms with E-state index in [1.807, 2.05) is 32.0 Å². The highest BCUT2D eigenvalue weighted by atomic mass is 16.3. The summed E-state index contributed by atoms with van der Waals surface area (Å²) in [4.78, 5) is 15.4. The summed E-state index contributed by atoms with van der Waals surface area (Å²) in [5, 5.41) is 2.78. The Morgan fingerprint density at radius 2 is 2.19 bits per heavy atom. The molecule has 16 heavy (non-hydrogen) atoms. The minimum atomic E-state index is -0.286. The van der Waals surface area contributed by atoms with Crippen molar-refractivity contribution < 1.29 is 9.21 Å². The van der Waals surface area contributed by atoms with Gasteiger partial charge in [0.05, 0.1) is 6.20 Å². The molecule has 0 atom stereocenters. The van der Waals surface area contributed by atoms with E-state index in [0.29, 0.717) is 0 Å². The summed E-state index contributed by atoms with van der Waals surface area (Å²) in [6.07, 6.45) is 2.62. The minimum Gasteiger partial charge on any atom is -0.438 e. The molecule has 0 saturated heterocycles. The van der Waals surface area contributed by atoms with Crippen LogP contribution < -0.4 is 5.32 Å². The molecule has 0 spiro atoms. The zero-order valence-electron chi connectivity index (χ0n) is 9.15. The van der Waals surface area contributed by atoms with Crippen LogP contribution in [0.25, 0.3) is 0 Å². The fraction of sp³-hybridized carbons (Fsp3) is 0.167. The van der Waals surface area contributed by atoms with E-state index < -0.39 is 0 Å². The predicted molar refractivity (Wildman–Crippen MR) is 60.4 cm³/mol. The Morgan fingerprint density at radius 1 is 1.38 bits per heavy atom. The van der Waals surface area contributed by atoms with Gasteiger partial charge < -0.3 is 9.73 Å². The number of anilines is 1. The number of hydrogen-bond acceptors (Lipinski definition) is 3. The van der Waals surface area contributed by atoms with Gasteiger partial charge in [-0.3, -0.25) is 4.79 Å². The molecule has 1 heterocycles. The van der Waals surface area contributed by atoms with Gasteiger partial charge in [-0.05, 0) is 31.0 Å². The second-order valence-corrected chi connectivity index (χ2v) is 3.64. The Hall–Kier alpha value is -2.10. The molecule has 4 heteroatoms. The van der Waals surface area contributed by atoms with E-state index in [1.165, 1.54) is 12.6 Å². The molecule has 0 aliphatic heterocycles. The van der Waals surface area contributed by atoms with Gasteiger partial charge in [-0.25, -0.2) is 4.98 Å². The maximum absolute atomic E-state index is 11.7. The van der Waals surface area contributed by atoms with Crippen molar-refractivity contribution in [1.82, 2.24) is 4.98 Å². The van der Waals surface area contributed by atoms with Crippen LogP contribution in [0, 0.1) is 13.8 Å². The first kappa shape index (κ1) is 10.4. The summed E-state index contributed by atoms with van der Waals surface area (Å²) in [6.45, 7) is 3.92. The molecule has 2 rings (SSSR count). The average Bonchev–Trinajstić information content (AvgIpc) is 2.76. The van der Waals surface area contributed by atoms with Gasteiger partial charge in [0.1, 0.15) is 0 Å². The molecule has 0 fully saturated rings. The first-order chi connectivity index (χ1) is 7.66. The number of nitrogens with one attached hydrogen (secondary N) is 1. The SMILES string of the molecule is Cc1ccc(C)c(NC(=O)c2cnco2)c1. The molecule has 0 aliphatic rings. The molecule has 1 aromatic heterocycles. The number of aromatic nitrogens is 1. The maximum atomic E-state index is 11.7. The van der Waals surface area contributed by atoms with Crippen LogP contribution in [0.1, 0.15) is 21.7 Å². The van der Waals surface area contributed by atoms with Crippen LogP contribution in [0.3, 0.4) is 0 Å². The van der Waals surface area contributed by atoms with E-state index in [1.54, 1.807) is 0 Å². The van der Waals surface area contributed by atoms with Crippen molar-refractivity contribution in [3.8, 4) is 0 Å². The van der Waals surface area contributed by atoms with E-state index in [9.17, 15) is 4.79 Å². The Bertz CT molecular complexity index is 504. The van der Waals surface area contributed by atoms with Crippen molar-refractivity contribution in [2.45, 2.75) is 13.8 Å². The normalized spacial score (nSPS) is 10.1. The third-order valence-corrected chi connectivity index (χ3v) is 2.30. The summed E-state index contributed by atoms with van der Waals surface area (Å²) >= 11 is 0. The maximum Gasteiger partial charge on any atom is 0.293 e. The number of benzene rings is 1. The molecule has 0 radical (unpaired) electrons. The number of aryl methyl sites for hydroxylation is 2. The van der Waals surface area contributed by atoms with Crippen molar-refractivity contribution >= 4 is 11.6 Å². The molecule has 1 amide bonds. The number of rotatable bonds is 2.